The highest BCUT2D eigenvalue weighted by Crippen LogP contribution is 2.72. The molecule has 8 nitrogen and oxygen atoms in total. The number of rotatable bonds is 4. The van der Waals surface area contributed by atoms with Crippen molar-refractivity contribution in [3.63, 3.8) is 0 Å². The largest absolute Gasteiger partial charge is 0.464 e. The van der Waals surface area contributed by atoms with Crippen molar-refractivity contribution in [3.05, 3.63) is 71.0 Å². The third-order valence-electron chi connectivity index (χ3n) is 11.2. The molecule has 5 aliphatic rings. The molecule has 3 aliphatic carbocycles. The Bertz CT molecular complexity index is 1570. The number of benzene rings is 1. The van der Waals surface area contributed by atoms with E-state index < -0.39 is 22.3 Å². The standard InChI is InChI=1S/C33H34O6.CO2/c1-6-23-32(4)24(35)11-13-31(3)28(32)27(39-30(31)36)29-33(23,5)25-17(2)21(15-22(25)38-29)20-12-14-37-26(20)19-9-7-18(16-34)8-10-19;2-1-3/h7-14,16,21-23,27-29H,6,15H2,1-5H3;/t21-,22-,23-,27-,28+,29-,31-,32+,33-;/m1./s1. The van der Waals surface area contributed by atoms with Gasteiger partial charge in [-0.25, -0.2) is 0 Å². The molecule has 1 aromatic carbocycles. The summed E-state index contributed by atoms with van der Waals surface area (Å²) in [5, 5.41) is 0. The van der Waals surface area contributed by atoms with Gasteiger partial charge >= 0.3 is 12.1 Å². The predicted molar refractivity (Wildman–Crippen MR) is 149 cm³/mol. The van der Waals surface area contributed by atoms with Crippen molar-refractivity contribution in [2.45, 2.75) is 71.7 Å². The van der Waals surface area contributed by atoms with Crippen LogP contribution in [0.2, 0.25) is 0 Å². The van der Waals surface area contributed by atoms with Crippen molar-refractivity contribution in [1.29, 1.82) is 0 Å². The van der Waals surface area contributed by atoms with Crippen LogP contribution in [-0.4, -0.2) is 42.5 Å². The van der Waals surface area contributed by atoms with Crippen molar-refractivity contribution < 1.29 is 37.9 Å². The van der Waals surface area contributed by atoms with Crippen molar-refractivity contribution in [2.75, 3.05) is 0 Å². The van der Waals surface area contributed by atoms with Gasteiger partial charge in [0.05, 0.1) is 17.8 Å². The fraction of sp³-hybridized carbons (Fsp3) is 0.471. The van der Waals surface area contributed by atoms with Crippen LogP contribution in [0.1, 0.15) is 69.3 Å². The summed E-state index contributed by atoms with van der Waals surface area (Å²) < 4.78 is 19.0. The van der Waals surface area contributed by atoms with Crippen molar-refractivity contribution >= 4 is 24.2 Å². The average Bonchev–Trinajstić information content (AvgIpc) is 3.70. The van der Waals surface area contributed by atoms with E-state index in [-0.39, 0.29) is 47.9 Å². The first kappa shape index (κ1) is 28.3. The summed E-state index contributed by atoms with van der Waals surface area (Å²) in [5.41, 5.74) is 3.17. The van der Waals surface area contributed by atoms with Gasteiger partial charge in [0.25, 0.3) is 0 Å². The Morgan fingerprint density at radius 3 is 2.38 bits per heavy atom. The van der Waals surface area contributed by atoms with Crippen molar-refractivity contribution in [2.24, 2.45) is 28.1 Å². The van der Waals surface area contributed by atoms with Gasteiger partial charge in [-0.05, 0) is 43.9 Å². The Morgan fingerprint density at radius 1 is 1.05 bits per heavy atom. The number of hydrogen-bond donors (Lipinski definition) is 0. The lowest BCUT2D eigenvalue weighted by Gasteiger charge is -2.59. The third kappa shape index (κ3) is 3.42. The van der Waals surface area contributed by atoms with E-state index in [0.717, 1.165) is 36.0 Å². The Kier molecular flexibility index (Phi) is 6.45. The lowest BCUT2D eigenvalue weighted by atomic mass is 9.42. The zero-order valence-electron chi connectivity index (χ0n) is 24.3. The monoisotopic (exact) mass is 570 g/mol. The van der Waals surface area contributed by atoms with Crippen LogP contribution >= 0.6 is 0 Å². The zero-order chi connectivity index (χ0) is 30.2. The molecule has 0 unspecified atom stereocenters. The molecule has 0 amide bonds. The molecule has 1 saturated carbocycles. The number of ketones is 1. The van der Waals surface area contributed by atoms with Gasteiger partial charge in [-0.2, -0.15) is 9.59 Å². The molecule has 9 atom stereocenters. The number of allylic oxidation sites excluding steroid dienone is 2. The second kappa shape index (κ2) is 9.58. The first-order chi connectivity index (χ1) is 20.0. The highest BCUT2D eigenvalue weighted by atomic mass is 16.6. The first-order valence-electron chi connectivity index (χ1n) is 14.5. The summed E-state index contributed by atoms with van der Waals surface area (Å²) in [6, 6.07) is 9.47. The molecule has 3 fully saturated rings. The Balaban J connectivity index is 0.00000101. The number of esters is 1. The second-order valence-electron chi connectivity index (χ2n) is 12.8. The van der Waals surface area contributed by atoms with E-state index in [4.69, 9.17) is 23.5 Å². The summed E-state index contributed by atoms with van der Waals surface area (Å²) >= 11 is 0. The van der Waals surface area contributed by atoms with Crippen molar-refractivity contribution in [3.8, 4) is 11.3 Å². The van der Waals surface area contributed by atoms with Crippen LogP contribution in [0.4, 0.5) is 0 Å². The molecule has 0 spiro atoms. The summed E-state index contributed by atoms with van der Waals surface area (Å²) in [6.07, 6.45) is 6.93. The first-order valence-corrected chi connectivity index (χ1v) is 14.5. The third-order valence-corrected chi connectivity index (χ3v) is 11.2. The topological polar surface area (TPSA) is 117 Å². The number of carbonyl (C=O) groups excluding carboxylic acids is 5. The molecule has 2 saturated heterocycles. The van der Waals surface area contributed by atoms with E-state index >= 15 is 0 Å². The molecule has 42 heavy (non-hydrogen) atoms. The zero-order valence-corrected chi connectivity index (χ0v) is 24.3. The van der Waals surface area contributed by atoms with Gasteiger partial charge in [0, 0.05) is 39.4 Å². The smallest absolute Gasteiger partial charge is 0.373 e. The second-order valence-corrected chi connectivity index (χ2v) is 12.8. The summed E-state index contributed by atoms with van der Waals surface area (Å²) in [5.74, 6) is 0.490. The number of aldehydes is 1. The fourth-order valence-corrected chi connectivity index (χ4v) is 9.62. The van der Waals surface area contributed by atoms with Gasteiger partial charge in [-0.1, -0.05) is 63.1 Å². The van der Waals surface area contributed by atoms with Crippen LogP contribution in [0.25, 0.3) is 11.3 Å². The summed E-state index contributed by atoms with van der Waals surface area (Å²) in [4.78, 5) is 54.4. The van der Waals surface area contributed by atoms with E-state index in [0.29, 0.717) is 5.56 Å². The maximum absolute atomic E-state index is 13.7. The SMILES string of the molecule is CC[C@H]1[C@]2(C)C3=C(C)[C@H](c4ccoc4-c4ccc(C=O)cc4)C[C@H]3O[C@@H]2[C@@H]2OC(=O)[C@]3(C)C=CC(=O)[C@@]1(C)[C@@H]23.O=C=O. The van der Waals surface area contributed by atoms with Gasteiger partial charge in [-0.15, -0.1) is 0 Å². The van der Waals surface area contributed by atoms with Gasteiger partial charge in [0.2, 0.25) is 0 Å². The normalized spacial score (nSPS) is 39.1. The van der Waals surface area contributed by atoms with Crippen LogP contribution in [0, 0.1) is 28.1 Å². The van der Waals surface area contributed by atoms with E-state index in [1.807, 2.05) is 25.1 Å². The molecule has 7 rings (SSSR count). The molecule has 3 heterocycles. The van der Waals surface area contributed by atoms with Gasteiger partial charge < -0.3 is 13.9 Å². The van der Waals surface area contributed by atoms with Gasteiger partial charge in [0.1, 0.15) is 24.3 Å². The van der Waals surface area contributed by atoms with Crippen LogP contribution in [0.5, 0.6) is 0 Å². The number of ether oxygens (including phenoxy) is 2. The highest BCUT2D eigenvalue weighted by molar-refractivity contribution is 6.00. The van der Waals surface area contributed by atoms with Gasteiger partial charge in [0.15, 0.2) is 5.78 Å². The minimum absolute atomic E-state index is 0.00377. The number of furan rings is 1. The summed E-state index contributed by atoms with van der Waals surface area (Å²) in [7, 11) is 0. The lowest BCUT2D eigenvalue weighted by Crippen LogP contribution is -2.65. The molecule has 2 aromatic rings. The van der Waals surface area contributed by atoms with Crippen LogP contribution in [-0.2, 0) is 28.7 Å². The molecule has 1 aromatic heterocycles. The maximum Gasteiger partial charge on any atom is 0.373 e. The minimum Gasteiger partial charge on any atom is -0.464 e. The van der Waals surface area contributed by atoms with E-state index in [1.165, 1.54) is 11.1 Å². The molecule has 0 radical (unpaired) electrons. The predicted octanol–water partition coefficient (Wildman–Crippen LogP) is 5.49. The highest BCUT2D eigenvalue weighted by Gasteiger charge is 2.77. The lowest BCUT2D eigenvalue weighted by molar-refractivity contribution is -0.191. The quantitative estimate of drug-likeness (QED) is 0.269. The maximum atomic E-state index is 13.7. The Hall–Kier alpha value is -3.87. The Morgan fingerprint density at radius 2 is 1.74 bits per heavy atom. The van der Waals surface area contributed by atoms with Crippen LogP contribution in [0.15, 0.2) is 64.3 Å². The Labute approximate surface area is 244 Å². The van der Waals surface area contributed by atoms with Gasteiger partial charge in [-0.3, -0.25) is 14.4 Å². The fourth-order valence-electron chi connectivity index (χ4n) is 9.62. The van der Waals surface area contributed by atoms with E-state index in [9.17, 15) is 14.4 Å². The van der Waals surface area contributed by atoms with Crippen molar-refractivity contribution in [1.82, 2.24) is 0 Å². The molecular formula is C34H34O8. The van der Waals surface area contributed by atoms with Crippen LogP contribution < -0.4 is 0 Å². The average molecular weight is 571 g/mol. The molecule has 2 aliphatic heterocycles. The number of hydrogen-bond acceptors (Lipinski definition) is 8. The summed E-state index contributed by atoms with van der Waals surface area (Å²) in [6.45, 7) is 10.6. The molecular weight excluding hydrogens is 536 g/mol. The van der Waals surface area contributed by atoms with E-state index in [2.05, 4.69) is 27.7 Å². The molecule has 0 bridgehead atoms. The number of fused-ring (bicyclic) bond motifs is 4. The molecule has 8 heteroatoms. The van der Waals surface area contributed by atoms with E-state index in [1.54, 1.807) is 30.5 Å². The number of carbonyl (C=O) groups is 3. The minimum atomic E-state index is -0.819. The molecule has 218 valence electrons. The van der Waals surface area contributed by atoms with Crippen LogP contribution in [0.3, 0.4) is 0 Å². The molecule has 0 N–H and O–H groups in total.